The Balaban J connectivity index is 1.36. The summed E-state index contributed by atoms with van der Waals surface area (Å²) in [4.78, 5) is 1.11. The third kappa shape index (κ3) is 6.39. The van der Waals surface area contributed by atoms with Crippen LogP contribution in [-0.2, 0) is 0 Å². The van der Waals surface area contributed by atoms with Crippen LogP contribution >= 0.6 is 0 Å². The van der Waals surface area contributed by atoms with Crippen molar-refractivity contribution in [1.82, 2.24) is 0 Å². The van der Waals surface area contributed by atoms with Crippen molar-refractivity contribution < 1.29 is 22.0 Å². The minimum Gasteiger partial charge on any atom is -0.304 e. The van der Waals surface area contributed by atoms with Gasteiger partial charge >= 0.3 is 0 Å². The third-order valence-electron chi connectivity index (χ3n) is 11.4. The molecule has 0 aliphatic rings. The Morgan fingerprint density at radius 1 is 0.274 bits per heavy atom. The molecule has 0 heterocycles. The predicted octanol–water partition coefficient (Wildman–Crippen LogP) is 16.5. The van der Waals surface area contributed by atoms with Crippen molar-refractivity contribution in [2.24, 2.45) is 0 Å². The molecule has 0 N–H and O–H groups in total. The number of hydrogen-bond acceptors (Lipinski definition) is 1. The fourth-order valence-electron chi connectivity index (χ4n) is 8.82. The van der Waals surface area contributed by atoms with Gasteiger partial charge in [-0.2, -0.15) is 0 Å². The summed E-state index contributed by atoms with van der Waals surface area (Å²) in [6.45, 7) is 0. The van der Waals surface area contributed by atoms with E-state index in [1.54, 1.807) is 48.5 Å². The van der Waals surface area contributed by atoms with E-state index in [1.807, 2.05) is 84.9 Å². The lowest BCUT2D eigenvalue weighted by molar-refractivity contribution is 0.380. The number of nitrogens with zero attached hydrogens (tertiary/aromatic N) is 1. The average molecular weight is 816 g/mol. The Labute approximate surface area is 355 Å². The number of benzene rings is 10. The molecule has 298 valence electrons. The van der Waals surface area contributed by atoms with Gasteiger partial charge in [0.05, 0.1) is 5.69 Å². The van der Waals surface area contributed by atoms with E-state index in [2.05, 4.69) is 72.8 Å². The van der Waals surface area contributed by atoms with Crippen molar-refractivity contribution in [2.75, 3.05) is 4.90 Å². The molecule has 1 nitrogen and oxygen atoms in total. The first-order valence-electron chi connectivity index (χ1n) is 20.2. The van der Waals surface area contributed by atoms with Gasteiger partial charge in [-0.15, -0.1) is 0 Å². The van der Waals surface area contributed by atoms with E-state index in [0.29, 0.717) is 10.8 Å². The number of fused-ring (bicyclic) bond motifs is 2. The molecule has 0 bridgehead atoms. The Morgan fingerprint density at radius 3 is 1.21 bits per heavy atom. The summed E-state index contributed by atoms with van der Waals surface area (Å²) in [5, 5.41) is 3.22. The molecule has 0 unspecified atom stereocenters. The van der Waals surface area contributed by atoms with Crippen LogP contribution in [0.15, 0.2) is 206 Å². The van der Waals surface area contributed by atoms with E-state index in [0.717, 1.165) is 71.3 Å². The highest BCUT2D eigenvalue weighted by Crippen LogP contribution is 2.54. The minimum atomic E-state index is -2.22. The number of anilines is 3. The maximum absolute atomic E-state index is 15.9. The predicted molar refractivity (Wildman–Crippen MR) is 243 cm³/mol. The fraction of sp³-hybridized carbons (Fsp3) is 0. The molecule has 0 atom stereocenters. The highest BCUT2D eigenvalue weighted by atomic mass is 19.2. The molecule has 10 aromatic rings. The highest BCUT2D eigenvalue weighted by molar-refractivity contribution is 6.23. The Hall–Kier alpha value is -7.83. The second kappa shape index (κ2) is 16.0. The third-order valence-corrected chi connectivity index (χ3v) is 11.4. The summed E-state index contributed by atoms with van der Waals surface area (Å²) in [6.07, 6.45) is 0. The van der Waals surface area contributed by atoms with E-state index in [9.17, 15) is 4.39 Å². The molecular weight excluding hydrogens is 782 g/mol. The molecule has 0 saturated heterocycles. The van der Waals surface area contributed by atoms with Crippen LogP contribution in [0, 0.1) is 29.1 Å². The van der Waals surface area contributed by atoms with Crippen LogP contribution in [0.2, 0.25) is 0 Å². The zero-order valence-corrected chi connectivity index (χ0v) is 33.0. The normalized spacial score (nSPS) is 11.3. The quantitative estimate of drug-likeness (QED) is 0.0839. The molecule has 0 amide bonds. The highest BCUT2D eigenvalue weighted by Gasteiger charge is 2.32. The molecular formula is C56H34F5N. The van der Waals surface area contributed by atoms with Crippen LogP contribution in [0.4, 0.5) is 39.0 Å². The summed E-state index contributed by atoms with van der Waals surface area (Å²) >= 11 is 0. The van der Waals surface area contributed by atoms with Gasteiger partial charge in [-0.3, -0.25) is 0 Å². The first kappa shape index (κ1) is 38.4. The number of halogens is 5. The van der Waals surface area contributed by atoms with Crippen LogP contribution in [-0.4, -0.2) is 0 Å². The van der Waals surface area contributed by atoms with Crippen molar-refractivity contribution in [3.05, 3.63) is 235 Å². The SMILES string of the molecule is Fc1c(F)c(F)c(N(c2ccccc2)c2ccc(-c3cccc4c(-c5ccccc5)c(-c5ccccc5)c(-c5ccccc5)c(-c5ccccc5)c34)c3ccccc23)c(F)c1F. The van der Waals surface area contributed by atoms with E-state index >= 15 is 17.6 Å². The zero-order chi connectivity index (χ0) is 42.3. The van der Waals surface area contributed by atoms with Crippen LogP contribution in [0.25, 0.3) is 77.2 Å². The molecule has 0 spiro atoms. The fourth-order valence-corrected chi connectivity index (χ4v) is 8.82. The molecule has 62 heavy (non-hydrogen) atoms. The molecule has 0 fully saturated rings. The van der Waals surface area contributed by atoms with Crippen molar-refractivity contribution in [2.45, 2.75) is 0 Å². The molecule has 0 aliphatic heterocycles. The Morgan fingerprint density at radius 2 is 0.677 bits per heavy atom. The summed E-state index contributed by atoms with van der Waals surface area (Å²) in [7, 11) is 0. The molecule has 0 radical (unpaired) electrons. The summed E-state index contributed by atoms with van der Waals surface area (Å²) in [6, 6.07) is 66.9. The molecule has 6 heteroatoms. The lowest BCUT2D eigenvalue weighted by atomic mass is 9.77. The minimum absolute atomic E-state index is 0.207. The second-order valence-electron chi connectivity index (χ2n) is 15.0. The molecule has 10 aromatic carbocycles. The van der Waals surface area contributed by atoms with Gasteiger partial charge in [0.2, 0.25) is 5.82 Å². The lowest BCUT2D eigenvalue weighted by Gasteiger charge is -2.29. The van der Waals surface area contributed by atoms with Crippen molar-refractivity contribution in [3.8, 4) is 55.6 Å². The summed E-state index contributed by atoms with van der Waals surface area (Å²) in [5.74, 6) is -10.1. The van der Waals surface area contributed by atoms with Crippen molar-refractivity contribution >= 4 is 38.6 Å². The van der Waals surface area contributed by atoms with E-state index < -0.39 is 34.8 Å². The first-order valence-corrected chi connectivity index (χ1v) is 20.2. The van der Waals surface area contributed by atoms with Gasteiger partial charge in [0.25, 0.3) is 0 Å². The number of rotatable bonds is 8. The monoisotopic (exact) mass is 815 g/mol. The maximum atomic E-state index is 15.9. The summed E-state index contributed by atoms with van der Waals surface area (Å²) in [5.41, 5.74) is 9.36. The standard InChI is InChI=1S/C56H34F5N/c57-51-52(58)54(60)56(55(61)53(51)59)62(39-27-14-5-15-28-39)45-34-33-41(40-29-16-17-30-42(40)45)43-31-18-32-44-46(35-19-6-1-7-20-35)47(36-21-8-2-9-22-36)48(37-23-10-3-11-24-37)49(50(43)44)38-25-12-4-13-26-38/h1-34H. The first-order chi connectivity index (χ1) is 30.4. The smallest absolute Gasteiger partial charge is 0.200 e. The van der Waals surface area contributed by atoms with Crippen LogP contribution in [0.1, 0.15) is 0 Å². The Kier molecular flexibility index (Phi) is 9.89. The van der Waals surface area contributed by atoms with Crippen LogP contribution < -0.4 is 4.90 Å². The molecule has 0 saturated carbocycles. The van der Waals surface area contributed by atoms with E-state index in [1.165, 1.54) is 0 Å². The largest absolute Gasteiger partial charge is 0.304 e. The second-order valence-corrected chi connectivity index (χ2v) is 15.0. The van der Waals surface area contributed by atoms with E-state index in [4.69, 9.17) is 0 Å². The van der Waals surface area contributed by atoms with E-state index in [-0.39, 0.29) is 11.4 Å². The van der Waals surface area contributed by atoms with Crippen molar-refractivity contribution in [1.29, 1.82) is 0 Å². The van der Waals surface area contributed by atoms with Gasteiger partial charge in [0, 0.05) is 11.1 Å². The number of hydrogen-bond donors (Lipinski definition) is 0. The van der Waals surface area contributed by atoms with Gasteiger partial charge in [-0.1, -0.05) is 188 Å². The maximum Gasteiger partial charge on any atom is 0.200 e. The van der Waals surface area contributed by atoms with Gasteiger partial charge in [0.15, 0.2) is 23.3 Å². The molecule has 10 rings (SSSR count). The van der Waals surface area contributed by atoms with Crippen molar-refractivity contribution in [3.63, 3.8) is 0 Å². The molecule has 0 aromatic heterocycles. The van der Waals surface area contributed by atoms with Gasteiger partial charge in [-0.05, 0) is 90.0 Å². The van der Waals surface area contributed by atoms with Gasteiger partial charge < -0.3 is 4.90 Å². The van der Waals surface area contributed by atoms with Crippen LogP contribution in [0.3, 0.4) is 0 Å². The zero-order valence-electron chi connectivity index (χ0n) is 33.0. The lowest BCUT2D eigenvalue weighted by Crippen LogP contribution is -2.17. The topological polar surface area (TPSA) is 3.24 Å². The van der Waals surface area contributed by atoms with Gasteiger partial charge in [-0.25, -0.2) is 22.0 Å². The average Bonchev–Trinajstić information content (AvgIpc) is 3.34. The Bertz CT molecular complexity index is 3240. The van der Waals surface area contributed by atoms with Crippen LogP contribution in [0.5, 0.6) is 0 Å². The number of para-hydroxylation sites is 1. The summed E-state index contributed by atoms with van der Waals surface area (Å²) < 4.78 is 76.2. The van der Waals surface area contributed by atoms with Gasteiger partial charge in [0.1, 0.15) is 5.69 Å². The molecule has 0 aliphatic carbocycles.